The topological polar surface area (TPSA) is 60.0 Å². The van der Waals surface area contributed by atoms with E-state index in [1.54, 1.807) is 32.7 Å². The molecule has 1 aromatic carbocycles. The summed E-state index contributed by atoms with van der Waals surface area (Å²) < 4.78 is 16.0. The first-order valence-electron chi connectivity index (χ1n) is 8.25. The number of benzene rings is 1. The van der Waals surface area contributed by atoms with Crippen molar-refractivity contribution >= 4 is 17.2 Å². The maximum Gasteiger partial charge on any atom is 0.234 e. The minimum absolute atomic E-state index is 0.0320. The van der Waals surface area contributed by atoms with Crippen LogP contribution >= 0.6 is 11.3 Å². The second-order valence-electron chi connectivity index (χ2n) is 6.01. The minimum Gasteiger partial charge on any atom is -0.493 e. The molecule has 0 aliphatic rings. The zero-order chi connectivity index (χ0) is 19.1. The van der Waals surface area contributed by atoms with Gasteiger partial charge in [0, 0.05) is 18.0 Å². The van der Waals surface area contributed by atoms with Crippen molar-refractivity contribution < 1.29 is 19.0 Å². The molecule has 0 radical (unpaired) electrons. The number of ether oxygens (including phenoxy) is 3. The first-order chi connectivity index (χ1) is 12.5. The summed E-state index contributed by atoms with van der Waals surface area (Å²) in [7, 11) is 6.65. The zero-order valence-electron chi connectivity index (χ0n) is 15.9. The molecule has 0 bridgehead atoms. The number of amides is 1. The van der Waals surface area contributed by atoms with Gasteiger partial charge in [-0.05, 0) is 48.7 Å². The molecule has 2 rings (SSSR count). The van der Waals surface area contributed by atoms with Crippen molar-refractivity contribution in [2.75, 3.05) is 34.9 Å². The van der Waals surface area contributed by atoms with Crippen LogP contribution in [0.4, 0.5) is 0 Å². The fraction of sp³-hybridized carbons (Fsp3) is 0.421. The molecular weight excluding hydrogens is 352 g/mol. The molecule has 1 amide bonds. The molecule has 1 heterocycles. The number of thiophene rings is 1. The van der Waals surface area contributed by atoms with E-state index in [1.165, 1.54) is 10.4 Å². The van der Waals surface area contributed by atoms with Crippen molar-refractivity contribution in [3.63, 3.8) is 0 Å². The Hall–Kier alpha value is -2.25. The van der Waals surface area contributed by atoms with E-state index in [1.807, 2.05) is 24.1 Å². The maximum absolute atomic E-state index is 12.2. The van der Waals surface area contributed by atoms with Crippen LogP contribution in [0.25, 0.3) is 0 Å². The van der Waals surface area contributed by atoms with Gasteiger partial charge in [0.05, 0.1) is 27.9 Å². The van der Waals surface area contributed by atoms with Crippen molar-refractivity contribution in [2.24, 2.45) is 0 Å². The minimum atomic E-state index is -0.0320. The molecule has 0 fully saturated rings. The number of hydrogen-bond acceptors (Lipinski definition) is 6. The molecule has 0 aliphatic carbocycles. The molecule has 1 aromatic heterocycles. The summed E-state index contributed by atoms with van der Waals surface area (Å²) in [6.07, 6.45) is 0. The highest BCUT2D eigenvalue weighted by atomic mass is 32.1. The van der Waals surface area contributed by atoms with E-state index in [0.717, 1.165) is 12.1 Å². The third-order valence-corrected chi connectivity index (χ3v) is 5.02. The molecule has 1 N–H and O–H groups in total. The predicted octanol–water partition coefficient (Wildman–Crippen LogP) is 2.83. The van der Waals surface area contributed by atoms with Gasteiger partial charge in [0.15, 0.2) is 11.5 Å². The lowest BCUT2D eigenvalue weighted by molar-refractivity contribution is -0.122. The normalized spacial score (nSPS) is 10.7. The van der Waals surface area contributed by atoms with Crippen molar-refractivity contribution in [1.82, 2.24) is 10.2 Å². The van der Waals surface area contributed by atoms with E-state index < -0.39 is 0 Å². The Kier molecular flexibility index (Phi) is 7.29. The third kappa shape index (κ3) is 5.12. The number of carbonyl (C=O) groups excluding carboxylic acids is 1. The van der Waals surface area contributed by atoms with Gasteiger partial charge in [0.1, 0.15) is 0 Å². The number of nitrogens with one attached hydrogen (secondary N) is 1. The van der Waals surface area contributed by atoms with E-state index >= 15 is 0 Å². The van der Waals surface area contributed by atoms with E-state index in [9.17, 15) is 4.79 Å². The lowest BCUT2D eigenvalue weighted by Gasteiger charge is -2.17. The molecule has 26 heavy (non-hydrogen) atoms. The molecule has 0 unspecified atom stereocenters. The van der Waals surface area contributed by atoms with Crippen LogP contribution in [0, 0.1) is 6.92 Å². The predicted molar refractivity (Wildman–Crippen MR) is 103 cm³/mol. The quantitative estimate of drug-likeness (QED) is 0.727. The van der Waals surface area contributed by atoms with Crippen LogP contribution in [0.3, 0.4) is 0 Å². The fourth-order valence-electron chi connectivity index (χ4n) is 2.61. The molecule has 7 heteroatoms. The number of carbonyl (C=O) groups is 1. The van der Waals surface area contributed by atoms with Gasteiger partial charge >= 0.3 is 0 Å². The van der Waals surface area contributed by atoms with Gasteiger partial charge < -0.3 is 19.5 Å². The van der Waals surface area contributed by atoms with Crippen molar-refractivity contribution in [3.8, 4) is 17.2 Å². The van der Waals surface area contributed by atoms with Crippen molar-refractivity contribution in [1.29, 1.82) is 0 Å². The van der Waals surface area contributed by atoms with Crippen LogP contribution in [0.5, 0.6) is 17.2 Å². The Morgan fingerprint density at radius 2 is 1.81 bits per heavy atom. The Bertz CT molecular complexity index is 720. The van der Waals surface area contributed by atoms with Gasteiger partial charge in [0.2, 0.25) is 11.7 Å². The van der Waals surface area contributed by atoms with Gasteiger partial charge in [-0.25, -0.2) is 0 Å². The Labute approximate surface area is 158 Å². The van der Waals surface area contributed by atoms with E-state index in [4.69, 9.17) is 14.2 Å². The number of hydrogen-bond donors (Lipinski definition) is 1. The second-order valence-corrected chi connectivity index (χ2v) is 7.01. The van der Waals surface area contributed by atoms with Gasteiger partial charge in [-0.15, -0.1) is 11.3 Å². The van der Waals surface area contributed by atoms with Gasteiger partial charge in [-0.2, -0.15) is 0 Å². The molecular formula is C19H26N2O4S. The number of nitrogens with zero attached hydrogens (tertiary/aromatic N) is 1. The van der Waals surface area contributed by atoms with E-state index in [2.05, 4.69) is 23.7 Å². The summed E-state index contributed by atoms with van der Waals surface area (Å²) in [4.78, 5) is 15.5. The van der Waals surface area contributed by atoms with Crippen molar-refractivity contribution in [2.45, 2.75) is 20.0 Å². The largest absolute Gasteiger partial charge is 0.493 e. The Morgan fingerprint density at radius 1 is 1.15 bits per heavy atom. The van der Waals surface area contributed by atoms with Gasteiger partial charge in [-0.1, -0.05) is 0 Å². The lowest BCUT2D eigenvalue weighted by atomic mass is 10.1. The molecule has 0 saturated heterocycles. The summed E-state index contributed by atoms with van der Waals surface area (Å²) in [5.41, 5.74) is 2.14. The number of aryl methyl sites for hydroxylation is 1. The Morgan fingerprint density at radius 3 is 2.31 bits per heavy atom. The average molecular weight is 378 g/mol. The van der Waals surface area contributed by atoms with E-state index in [-0.39, 0.29) is 5.91 Å². The number of methoxy groups -OCH3 is 3. The second kappa shape index (κ2) is 9.45. The van der Waals surface area contributed by atoms with Crippen LogP contribution < -0.4 is 19.5 Å². The summed E-state index contributed by atoms with van der Waals surface area (Å²) in [5.74, 6) is 1.65. The monoisotopic (exact) mass is 378 g/mol. The molecule has 0 spiro atoms. The summed E-state index contributed by atoms with van der Waals surface area (Å²) in [6.45, 7) is 3.58. The van der Waals surface area contributed by atoms with Crippen LogP contribution in [0.2, 0.25) is 0 Å². The average Bonchev–Trinajstić information content (AvgIpc) is 3.03. The molecule has 0 saturated carbocycles. The SMILES string of the molecule is COc1cc(CNC(=O)CN(C)Cc2sccc2C)cc(OC)c1OC. The third-order valence-electron chi connectivity index (χ3n) is 4.01. The number of rotatable bonds is 9. The fourth-order valence-corrected chi connectivity index (χ4v) is 3.59. The first kappa shape index (κ1) is 20.1. The smallest absolute Gasteiger partial charge is 0.234 e. The first-order valence-corrected chi connectivity index (χ1v) is 9.13. The molecule has 142 valence electrons. The molecule has 6 nitrogen and oxygen atoms in total. The van der Waals surface area contributed by atoms with Crippen LogP contribution in [0.15, 0.2) is 23.6 Å². The summed E-state index contributed by atoms with van der Waals surface area (Å²) >= 11 is 1.71. The molecule has 0 aliphatic heterocycles. The van der Waals surface area contributed by atoms with Crippen molar-refractivity contribution in [3.05, 3.63) is 39.6 Å². The van der Waals surface area contributed by atoms with Crippen LogP contribution in [0.1, 0.15) is 16.0 Å². The zero-order valence-corrected chi connectivity index (χ0v) is 16.7. The lowest BCUT2D eigenvalue weighted by Crippen LogP contribution is -2.34. The summed E-state index contributed by atoms with van der Waals surface area (Å²) in [6, 6.07) is 5.76. The number of likely N-dealkylation sites (N-methyl/N-ethyl adjacent to an activating group) is 1. The molecule has 0 atom stereocenters. The van der Waals surface area contributed by atoms with Crippen LogP contribution in [-0.4, -0.2) is 45.7 Å². The highest BCUT2D eigenvalue weighted by Gasteiger charge is 2.14. The maximum atomic E-state index is 12.2. The standard InChI is InChI=1S/C19H26N2O4S/c1-13-6-7-26-17(13)11-21(2)12-18(22)20-10-14-8-15(23-3)19(25-5)16(9-14)24-4/h6-9H,10-12H2,1-5H3,(H,20,22). The van der Waals surface area contributed by atoms with Gasteiger partial charge in [0.25, 0.3) is 0 Å². The Balaban J connectivity index is 1.93. The molecule has 2 aromatic rings. The highest BCUT2D eigenvalue weighted by molar-refractivity contribution is 7.10. The summed E-state index contributed by atoms with van der Waals surface area (Å²) in [5, 5.41) is 5.01. The van der Waals surface area contributed by atoms with Gasteiger partial charge in [-0.3, -0.25) is 9.69 Å². The van der Waals surface area contributed by atoms with Crippen LogP contribution in [-0.2, 0) is 17.9 Å². The van der Waals surface area contributed by atoms with E-state index in [0.29, 0.717) is 30.3 Å². The highest BCUT2D eigenvalue weighted by Crippen LogP contribution is 2.38.